The van der Waals surface area contributed by atoms with Crippen LogP contribution in [0.15, 0.2) is 34.9 Å². The Morgan fingerprint density at radius 1 is 1.43 bits per heavy atom. The molecule has 0 aromatic carbocycles. The van der Waals surface area contributed by atoms with E-state index in [2.05, 4.69) is 0 Å². The first-order chi connectivity index (χ1) is 6.75. The summed E-state index contributed by atoms with van der Waals surface area (Å²) in [6.45, 7) is 0. The molecule has 0 aliphatic rings. The van der Waals surface area contributed by atoms with Crippen LogP contribution in [0.4, 0.5) is 0 Å². The maximum Gasteiger partial charge on any atom is 0.180 e. The van der Waals surface area contributed by atoms with Crippen molar-refractivity contribution in [3.63, 3.8) is 0 Å². The molecule has 0 atom stereocenters. The highest BCUT2D eigenvalue weighted by Gasteiger charge is 2.10. The van der Waals surface area contributed by atoms with Crippen molar-refractivity contribution in [2.45, 2.75) is 6.42 Å². The fourth-order valence-electron chi connectivity index (χ4n) is 1.12. The molecule has 0 unspecified atom stereocenters. The Hall–Kier alpha value is -1.06. The Morgan fingerprint density at radius 2 is 2.29 bits per heavy atom. The quantitative estimate of drug-likeness (QED) is 0.751. The number of thiophene rings is 1. The summed E-state index contributed by atoms with van der Waals surface area (Å²) in [6.07, 6.45) is 1.86. The number of Topliss-reactive ketones (excluding diaryl/α,β-unsaturated/α-hetero) is 1. The molecule has 0 aliphatic heterocycles. The summed E-state index contributed by atoms with van der Waals surface area (Å²) in [7, 11) is 0. The SMILES string of the molecule is O=C(Cc1ccco1)c1ccc(Cl)s1. The Kier molecular flexibility index (Phi) is 2.70. The Balaban J connectivity index is 2.10. The van der Waals surface area contributed by atoms with E-state index in [-0.39, 0.29) is 5.78 Å². The second kappa shape index (κ2) is 3.98. The van der Waals surface area contributed by atoms with E-state index in [0.29, 0.717) is 21.4 Å². The van der Waals surface area contributed by atoms with E-state index in [1.807, 2.05) is 0 Å². The fourth-order valence-corrected chi connectivity index (χ4v) is 2.10. The smallest absolute Gasteiger partial charge is 0.180 e. The van der Waals surface area contributed by atoms with Crippen LogP contribution in [0.1, 0.15) is 15.4 Å². The Bertz CT molecular complexity index is 431. The molecule has 2 rings (SSSR count). The molecule has 0 saturated carbocycles. The molecule has 0 fully saturated rings. The van der Waals surface area contributed by atoms with Gasteiger partial charge in [0, 0.05) is 0 Å². The van der Waals surface area contributed by atoms with Crippen LogP contribution in [-0.2, 0) is 6.42 Å². The van der Waals surface area contributed by atoms with E-state index >= 15 is 0 Å². The van der Waals surface area contributed by atoms with Gasteiger partial charge in [-0.25, -0.2) is 0 Å². The average molecular weight is 227 g/mol. The summed E-state index contributed by atoms with van der Waals surface area (Å²) < 4.78 is 5.72. The van der Waals surface area contributed by atoms with Crippen molar-refractivity contribution in [3.05, 3.63) is 45.5 Å². The molecule has 0 amide bonds. The first kappa shape index (κ1) is 9.49. The maximum atomic E-state index is 11.6. The van der Waals surface area contributed by atoms with Gasteiger partial charge in [-0.05, 0) is 24.3 Å². The predicted molar refractivity (Wildman–Crippen MR) is 56.1 cm³/mol. The molecule has 2 heterocycles. The summed E-state index contributed by atoms with van der Waals surface area (Å²) in [5.41, 5.74) is 0. The average Bonchev–Trinajstić information content (AvgIpc) is 2.75. The van der Waals surface area contributed by atoms with Crippen LogP contribution in [0.3, 0.4) is 0 Å². The van der Waals surface area contributed by atoms with Gasteiger partial charge in [0.1, 0.15) is 5.76 Å². The van der Waals surface area contributed by atoms with Gasteiger partial charge in [-0.1, -0.05) is 11.6 Å². The summed E-state index contributed by atoms with van der Waals surface area (Å²) in [6, 6.07) is 7.01. The zero-order valence-electron chi connectivity index (χ0n) is 7.20. The van der Waals surface area contributed by atoms with Crippen LogP contribution in [0.5, 0.6) is 0 Å². The van der Waals surface area contributed by atoms with Gasteiger partial charge in [0.2, 0.25) is 0 Å². The zero-order valence-corrected chi connectivity index (χ0v) is 8.77. The number of rotatable bonds is 3. The molecule has 14 heavy (non-hydrogen) atoms. The molecule has 0 N–H and O–H groups in total. The van der Waals surface area contributed by atoms with Crippen LogP contribution in [0.25, 0.3) is 0 Å². The van der Waals surface area contributed by atoms with Crippen molar-refractivity contribution in [1.82, 2.24) is 0 Å². The molecule has 0 aliphatic carbocycles. The number of furan rings is 1. The summed E-state index contributed by atoms with van der Waals surface area (Å²) in [5.74, 6) is 0.719. The lowest BCUT2D eigenvalue weighted by molar-refractivity contribution is 0.0991. The van der Waals surface area contributed by atoms with Gasteiger partial charge < -0.3 is 4.42 Å². The Morgan fingerprint density at radius 3 is 2.86 bits per heavy atom. The fraction of sp³-hybridized carbons (Fsp3) is 0.100. The first-order valence-electron chi connectivity index (χ1n) is 4.06. The summed E-state index contributed by atoms with van der Waals surface area (Å²) >= 11 is 7.02. The number of hydrogen-bond acceptors (Lipinski definition) is 3. The normalized spacial score (nSPS) is 10.4. The minimum absolute atomic E-state index is 0.0388. The molecule has 2 aromatic heterocycles. The van der Waals surface area contributed by atoms with Crippen LogP contribution >= 0.6 is 22.9 Å². The predicted octanol–water partition coefficient (Wildman–Crippen LogP) is 3.42. The van der Waals surface area contributed by atoms with E-state index in [1.165, 1.54) is 11.3 Å². The highest BCUT2D eigenvalue weighted by Crippen LogP contribution is 2.22. The van der Waals surface area contributed by atoms with E-state index in [9.17, 15) is 4.79 Å². The molecule has 2 nitrogen and oxygen atoms in total. The monoisotopic (exact) mass is 226 g/mol. The van der Waals surface area contributed by atoms with Crippen molar-refractivity contribution < 1.29 is 9.21 Å². The highest BCUT2D eigenvalue weighted by atomic mass is 35.5. The van der Waals surface area contributed by atoms with Crippen molar-refractivity contribution >= 4 is 28.7 Å². The van der Waals surface area contributed by atoms with Crippen molar-refractivity contribution in [2.75, 3.05) is 0 Å². The van der Waals surface area contributed by atoms with Gasteiger partial charge in [-0.3, -0.25) is 4.79 Å². The highest BCUT2D eigenvalue weighted by molar-refractivity contribution is 7.18. The topological polar surface area (TPSA) is 30.2 Å². The minimum Gasteiger partial charge on any atom is -0.469 e. The van der Waals surface area contributed by atoms with Crippen LogP contribution in [0, 0.1) is 0 Å². The van der Waals surface area contributed by atoms with Gasteiger partial charge in [0.15, 0.2) is 5.78 Å². The van der Waals surface area contributed by atoms with E-state index in [0.717, 1.165) is 0 Å². The second-order valence-electron chi connectivity index (χ2n) is 2.78. The summed E-state index contributed by atoms with van der Waals surface area (Å²) in [4.78, 5) is 12.3. The number of carbonyl (C=O) groups excluding carboxylic acids is 1. The zero-order chi connectivity index (χ0) is 9.97. The van der Waals surface area contributed by atoms with Gasteiger partial charge in [0.05, 0.1) is 21.9 Å². The van der Waals surface area contributed by atoms with Gasteiger partial charge in [-0.2, -0.15) is 0 Å². The molecule has 2 aromatic rings. The lowest BCUT2D eigenvalue weighted by Crippen LogP contribution is -1.99. The van der Waals surface area contributed by atoms with Gasteiger partial charge in [0.25, 0.3) is 0 Å². The number of carbonyl (C=O) groups is 1. The van der Waals surface area contributed by atoms with E-state index in [4.69, 9.17) is 16.0 Å². The molecule has 0 radical (unpaired) electrons. The number of halogens is 1. The molecule has 0 saturated heterocycles. The lowest BCUT2D eigenvalue weighted by Gasteiger charge is -1.93. The molecule has 4 heteroatoms. The number of hydrogen-bond donors (Lipinski definition) is 0. The number of ketones is 1. The minimum atomic E-state index is 0.0388. The molecule has 72 valence electrons. The van der Waals surface area contributed by atoms with Gasteiger partial charge in [-0.15, -0.1) is 11.3 Å². The third-order valence-corrected chi connectivity index (χ3v) is 3.04. The molecule has 0 bridgehead atoms. The largest absolute Gasteiger partial charge is 0.469 e. The lowest BCUT2D eigenvalue weighted by atomic mass is 10.2. The molecular formula is C10H7ClO2S. The third-order valence-electron chi connectivity index (χ3n) is 1.76. The van der Waals surface area contributed by atoms with Crippen molar-refractivity contribution in [3.8, 4) is 0 Å². The maximum absolute atomic E-state index is 11.6. The van der Waals surface area contributed by atoms with Crippen LogP contribution in [0.2, 0.25) is 4.34 Å². The second-order valence-corrected chi connectivity index (χ2v) is 4.50. The molecular weight excluding hydrogens is 220 g/mol. The third kappa shape index (κ3) is 2.05. The van der Waals surface area contributed by atoms with E-state index in [1.54, 1.807) is 30.5 Å². The van der Waals surface area contributed by atoms with Crippen LogP contribution in [-0.4, -0.2) is 5.78 Å². The first-order valence-corrected chi connectivity index (χ1v) is 5.26. The van der Waals surface area contributed by atoms with Crippen LogP contribution < -0.4 is 0 Å². The summed E-state index contributed by atoms with van der Waals surface area (Å²) in [5, 5.41) is 0. The Labute approximate surface area is 90.1 Å². The standard InChI is InChI=1S/C10H7ClO2S/c11-10-4-3-9(14-10)8(12)6-7-2-1-5-13-7/h1-5H,6H2. The molecule has 0 spiro atoms. The van der Waals surface area contributed by atoms with E-state index < -0.39 is 0 Å². The van der Waals surface area contributed by atoms with Crippen molar-refractivity contribution in [2.24, 2.45) is 0 Å². The van der Waals surface area contributed by atoms with Crippen molar-refractivity contribution in [1.29, 1.82) is 0 Å². The van der Waals surface area contributed by atoms with Gasteiger partial charge >= 0.3 is 0 Å².